The van der Waals surface area contributed by atoms with Gasteiger partial charge in [-0.05, 0) is 60.5 Å². The fourth-order valence-electron chi connectivity index (χ4n) is 4.46. The molecule has 0 aromatic heterocycles. The number of nitrogens with zero attached hydrogens (tertiary/aromatic N) is 2. The van der Waals surface area contributed by atoms with Gasteiger partial charge in [-0.15, -0.1) is 0 Å². The Hall–Kier alpha value is -4.22. The predicted molar refractivity (Wildman–Crippen MR) is 145 cm³/mol. The first kappa shape index (κ1) is 27.8. The van der Waals surface area contributed by atoms with Gasteiger partial charge in [0.15, 0.2) is 11.5 Å². The molecule has 204 valence electrons. The van der Waals surface area contributed by atoms with E-state index in [9.17, 15) is 22.8 Å². The van der Waals surface area contributed by atoms with E-state index in [0.717, 1.165) is 14.8 Å². The van der Waals surface area contributed by atoms with E-state index in [1.807, 2.05) is 0 Å². The summed E-state index contributed by atoms with van der Waals surface area (Å²) in [5, 5.41) is 2.60. The first-order valence-corrected chi connectivity index (χ1v) is 13.6. The molecule has 1 heterocycles. The van der Waals surface area contributed by atoms with E-state index in [0.29, 0.717) is 22.9 Å². The van der Waals surface area contributed by atoms with Crippen molar-refractivity contribution in [2.24, 2.45) is 0 Å². The molecule has 39 heavy (non-hydrogen) atoms. The summed E-state index contributed by atoms with van der Waals surface area (Å²) in [6, 6.07) is 18.1. The maximum absolute atomic E-state index is 13.9. The summed E-state index contributed by atoms with van der Waals surface area (Å²) < 4.78 is 39.5. The lowest BCUT2D eigenvalue weighted by Crippen LogP contribution is -2.46. The average Bonchev–Trinajstić information content (AvgIpc) is 3.22. The van der Waals surface area contributed by atoms with Crippen LogP contribution in [0.25, 0.3) is 0 Å². The molecular weight excluding hydrogens is 522 g/mol. The van der Waals surface area contributed by atoms with E-state index in [2.05, 4.69) is 5.32 Å². The molecule has 3 aromatic rings. The van der Waals surface area contributed by atoms with Crippen LogP contribution in [0.3, 0.4) is 0 Å². The number of nitrogens with one attached hydrogen (secondary N) is 1. The number of hydrogen-bond acceptors (Lipinski definition) is 7. The van der Waals surface area contributed by atoms with Gasteiger partial charge in [-0.2, -0.15) is 4.31 Å². The number of benzene rings is 3. The number of carbonyl (C=O) groups excluding carboxylic acids is 3. The highest BCUT2D eigenvalue weighted by Crippen LogP contribution is 2.31. The molecule has 3 aromatic carbocycles. The molecule has 4 rings (SSSR count). The Morgan fingerprint density at radius 1 is 0.974 bits per heavy atom. The maximum Gasteiger partial charge on any atom is 0.252 e. The minimum absolute atomic E-state index is 0.0673. The number of para-hydroxylation sites is 1. The molecule has 0 bridgehead atoms. The lowest BCUT2D eigenvalue weighted by molar-refractivity contribution is -0.122. The van der Waals surface area contributed by atoms with Gasteiger partial charge >= 0.3 is 0 Å². The van der Waals surface area contributed by atoms with E-state index in [1.165, 1.54) is 45.4 Å². The monoisotopic (exact) mass is 551 g/mol. The zero-order valence-electron chi connectivity index (χ0n) is 21.8. The fourth-order valence-corrected chi connectivity index (χ4v) is 6.04. The quantitative estimate of drug-likeness (QED) is 0.384. The molecule has 1 saturated heterocycles. The molecule has 1 aliphatic rings. The molecule has 3 amide bonds. The van der Waals surface area contributed by atoms with Crippen LogP contribution < -0.4 is 19.7 Å². The number of rotatable bonds is 10. The zero-order valence-corrected chi connectivity index (χ0v) is 22.6. The van der Waals surface area contributed by atoms with Crippen LogP contribution in [0.15, 0.2) is 77.7 Å². The van der Waals surface area contributed by atoms with Gasteiger partial charge in [0.2, 0.25) is 21.8 Å². The molecule has 11 heteroatoms. The van der Waals surface area contributed by atoms with Crippen LogP contribution in [0.2, 0.25) is 0 Å². The van der Waals surface area contributed by atoms with Crippen LogP contribution in [0.5, 0.6) is 11.5 Å². The van der Waals surface area contributed by atoms with Crippen molar-refractivity contribution in [2.75, 3.05) is 31.0 Å². The standard InChI is InChI=1S/C28H29N3O7S/c1-19(32)29-21-10-12-23(13-11-21)39(35,36)30(16-15-20-9-14-25(37-2)26(17-20)38-3)24-18-27(33)31(28(24)34)22-7-5-4-6-8-22/h4-14,17,24H,15-16,18H2,1-3H3,(H,29,32). The van der Waals surface area contributed by atoms with Gasteiger partial charge in [0.25, 0.3) is 5.91 Å². The summed E-state index contributed by atoms with van der Waals surface area (Å²) in [6.07, 6.45) is -0.0459. The minimum Gasteiger partial charge on any atom is -0.493 e. The third-order valence-corrected chi connectivity index (χ3v) is 8.26. The molecule has 0 saturated carbocycles. The topological polar surface area (TPSA) is 122 Å². The van der Waals surface area contributed by atoms with Crippen LogP contribution >= 0.6 is 0 Å². The lowest BCUT2D eigenvalue weighted by Gasteiger charge is -2.27. The highest BCUT2D eigenvalue weighted by molar-refractivity contribution is 7.89. The van der Waals surface area contributed by atoms with Crippen LogP contribution in [0.1, 0.15) is 18.9 Å². The van der Waals surface area contributed by atoms with Crippen molar-refractivity contribution < 1.29 is 32.3 Å². The van der Waals surface area contributed by atoms with Gasteiger partial charge < -0.3 is 14.8 Å². The van der Waals surface area contributed by atoms with Gasteiger partial charge in [-0.25, -0.2) is 13.3 Å². The number of imide groups is 1. The second kappa shape index (κ2) is 11.7. The van der Waals surface area contributed by atoms with Gasteiger partial charge in [-0.1, -0.05) is 24.3 Å². The first-order chi connectivity index (χ1) is 18.6. The average molecular weight is 552 g/mol. The van der Waals surface area contributed by atoms with Crippen LogP contribution in [-0.4, -0.2) is 57.3 Å². The Balaban J connectivity index is 1.69. The third-order valence-electron chi connectivity index (χ3n) is 6.33. The van der Waals surface area contributed by atoms with E-state index < -0.39 is 27.9 Å². The fraction of sp³-hybridized carbons (Fsp3) is 0.250. The second-order valence-corrected chi connectivity index (χ2v) is 10.8. The normalized spacial score (nSPS) is 15.5. The molecule has 10 nitrogen and oxygen atoms in total. The molecule has 1 unspecified atom stereocenters. The second-order valence-electron chi connectivity index (χ2n) is 8.88. The SMILES string of the molecule is COc1ccc(CCN(C2CC(=O)N(c3ccccc3)C2=O)S(=O)(=O)c2ccc(NC(C)=O)cc2)cc1OC. The van der Waals surface area contributed by atoms with E-state index in [1.54, 1.807) is 48.5 Å². The summed E-state index contributed by atoms with van der Waals surface area (Å²) >= 11 is 0. The number of carbonyl (C=O) groups is 3. The summed E-state index contributed by atoms with van der Waals surface area (Å²) in [4.78, 5) is 38.8. The van der Waals surface area contributed by atoms with Crippen molar-refractivity contribution >= 4 is 39.1 Å². The highest BCUT2D eigenvalue weighted by Gasteiger charge is 2.46. The van der Waals surface area contributed by atoms with E-state index >= 15 is 0 Å². The lowest BCUT2D eigenvalue weighted by atomic mass is 10.1. The van der Waals surface area contributed by atoms with E-state index in [-0.39, 0.29) is 30.2 Å². The molecule has 0 aliphatic carbocycles. The molecule has 1 aliphatic heterocycles. The summed E-state index contributed by atoms with van der Waals surface area (Å²) in [5.74, 6) is -0.376. The van der Waals surface area contributed by atoms with Gasteiger partial charge in [0.05, 0.1) is 31.2 Å². The Morgan fingerprint density at radius 3 is 2.26 bits per heavy atom. The number of methoxy groups -OCH3 is 2. The number of amides is 3. The van der Waals surface area contributed by atoms with Crippen LogP contribution in [0.4, 0.5) is 11.4 Å². The Labute approximate surface area is 227 Å². The largest absolute Gasteiger partial charge is 0.493 e. The van der Waals surface area contributed by atoms with Crippen molar-refractivity contribution in [2.45, 2.75) is 30.7 Å². The maximum atomic E-state index is 13.9. The smallest absolute Gasteiger partial charge is 0.252 e. The number of anilines is 2. The van der Waals surface area contributed by atoms with Crippen LogP contribution in [-0.2, 0) is 30.8 Å². The van der Waals surface area contributed by atoms with Crippen molar-refractivity contribution in [1.29, 1.82) is 0 Å². The zero-order chi connectivity index (χ0) is 28.2. The van der Waals surface area contributed by atoms with Gasteiger partial charge in [-0.3, -0.25) is 14.4 Å². The van der Waals surface area contributed by atoms with Gasteiger partial charge in [0.1, 0.15) is 6.04 Å². The Kier molecular flexibility index (Phi) is 8.32. The summed E-state index contributed by atoms with van der Waals surface area (Å²) in [7, 11) is -1.20. The predicted octanol–water partition coefficient (Wildman–Crippen LogP) is 3.23. The van der Waals surface area contributed by atoms with Crippen molar-refractivity contribution in [1.82, 2.24) is 4.31 Å². The van der Waals surface area contributed by atoms with Crippen molar-refractivity contribution in [3.05, 3.63) is 78.4 Å². The summed E-state index contributed by atoms with van der Waals surface area (Å²) in [5.41, 5.74) is 1.57. The van der Waals surface area contributed by atoms with Crippen LogP contribution in [0, 0.1) is 0 Å². The third kappa shape index (κ3) is 5.94. The molecular formula is C28H29N3O7S. The molecule has 0 spiro atoms. The van der Waals surface area contributed by atoms with Crippen molar-refractivity contribution in [3.8, 4) is 11.5 Å². The van der Waals surface area contributed by atoms with E-state index in [4.69, 9.17) is 9.47 Å². The molecule has 0 radical (unpaired) electrons. The summed E-state index contributed by atoms with van der Waals surface area (Å²) in [6.45, 7) is 1.28. The molecule has 1 N–H and O–H groups in total. The van der Waals surface area contributed by atoms with Crippen molar-refractivity contribution in [3.63, 3.8) is 0 Å². The Bertz CT molecular complexity index is 1470. The molecule has 1 fully saturated rings. The number of hydrogen-bond donors (Lipinski definition) is 1. The Morgan fingerprint density at radius 2 is 1.64 bits per heavy atom. The number of ether oxygens (including phenoxy) is 2. The van der Waals surface area contributed by atoms with Gasteiger partial charge in [0, 0.05) is 19.2 Å². The minimum atomic E-state index is -4.23. The molecule has 1 atom stereocenters. The number of sulfonamides is 1. The first-order valence-electron chi connectivity index (χ1n) is 12.2. The highest BCUT2D eigenvalue weighted by atomic mass is 32.2.